The molecule has 2 heterocycles. The third-order valence-corrected chi connectivity index (χ3v) is 3.66. The molecular formula is C13H20Cl2IN5. The summed E-state index contributed by atoms with van der Waals surface area (Å²) >= 11 is 11.8. The average Bonchev–Trinajstić information content (AvgIpc) is 2.46. The van der Waals surface area contributed by atoms with Crippen LogP contribution in [0.15, 0.2) is 17.3 Å². The number of hydrogen-bond donors (Lipinski definition) is 2. The molecule has 0 saturated carbocycles. The lowest BCUT2D eigenvalue weighted by atomic mass is 10.1. The maximum Gasteiger partial charge on any atom is 0.191 e. The smallest absolute Gasteiger partial charge is 0.191 e. The number of aliphatic imine (C=N–C) groups is 1. The zero-order valence-corrected chi connectivity index (χ0v) is 15.5. The SMILES string of the molecule is I.NC(=NCCNc1ncc(Cl)cc1Cl)N1CCCCC1. The van der Waals surface area contributed by atoms with E-state index in [9.17, 15) is 0 Å². The molecule has 0 amide bonds. The molecule has 3 N–H and O–H groups in total. The fourth-order valence-corrected chi connectivity index (χ4v) is 2.56. The van der Waals surface area contributed by atoms with E-state index in [-0.39, 0.29) is 24.0 Å². The molecule has 1 fully saturated rings. The number of rotatable bonds is 4. The highest BCUT2D eigenvalue weighted by Crippen LogP contribution is 2.22. The van der Waals surface area contributed by atoms with Crippen LogP contribution < -0.4 is 11.1 Å². The summed E-state index contributed by atoms with van der Waals surface area (Å²) in [6.45, 7) is 3.23. The first-order valence-corrected chi connectivity index (χ1v) is 7.52. The molecule has 118 valence electrons. The van der Waals surface area contributed by atoms with Crippen molar-refractivity contribution < 1.29 is 0 Å². The first kappa shape index (κ1) is 18.6. The van der Waals surface area contributed by atoms with Crippen LogP contribution in [0.1, 0.15) is 19.3 Å². The number of halogens is 3. The number of hydrogen-bond acceptors (Lipinski definition) is 3. The van der Waals surface area contributed by atoms with Gasteiger partial charge in [-0.25, -0.2) is 4.98 Å². The topological polar surface area (TPSA) is 66.5 Å². The predicted octanol–water partition coefficient (Wildman–Crippen LogP) is 3.22. The number of nitrogens with two attached hydrogens (primary N) is 1. The van der Waals surface area contributed by atoms with Crippen LogP contribution >= 0.6 is 47.2 Å². The molecule has 0 unspecified atom stereocenters. The summed E-state index contributed by atoms with van der Waals surface area (Å²) in [5.41, 5.74) is 5.97. The molecule has 0 atom stereocenters. The number of likely N-dealkylation sites (tertiary alicyclic amines) is 1. The van der Waals surface area contributed by atoms with Crippen molar-refractivity contribution in [3.05, 3.63) is 22.3 Å². The monoisotopic (exact) mass is 443 g/mol. The summed E-state index contributed by atoms with van der Waals surface area (Å²) in [6.07, 6.45) is 5.23. The molecule has 8 heteroatoms. The lowest BCUT2D eigenvalue weighted by Gasteiger charge is -2.27. The van der Waals surface area contributed by atoms with Crippen molar-refractivity contribution in [2.24, 2.45) is 10.7 Å². The Hall–Kier alpha value is -0.470. The number of aromatic nitrogens is 1. The number of nitrogens with zero attached hydrogens (tertiary/aromatic N) is 3. The zero-order valence-electron chi connectivity index (χ0n) is 11.7. The van der Waals surface area contributed by atoms with E-state index in [1.807, 2.05) is 0 Å². The molecule has 5 nitrogen and oxygen atoms in total. The lowest BCUT2D eigenvalue weighted by Crippen LogP contribution is -2.41. The molecular weight excluding hydrogens is 424 g/mol. The minimum Gasteiger partial charge on any atom is -0.370 e. The number of pyridine rings is 1. The summed E-state index contributed by atoms with van der Waals surface area (Å²) in [4.78, 5) is 10.6. The van der Waals surface area contributed by atoms with Crippen molar-refractivity contribution in [2.75, 3.05) is 31.5 Å². The second-order valence-electron chi connectivity index (χ2n) is 4.70. The Morgan fingerprint density at radius 3 is 2.71 bits per heavy atom. The molecule has 1 saturated heterocycles. The second kappa shape index (κ2) is 9.53. The van der Waals surface area contributed by atoms with Crippen molar-refractivity contribution in [3.63, 3.8) is 0 Å². The van der Waals surface area contributed by atoms with E-state index in [4.69, 9.17) is 28.9 Å². The molecule has 2 rings (SSSR count). The summed E-state index contributed by atoms with van der Waals surface area (Å²) in [5.74, 6) is 1.24. The number of piperidine rings is 1. The van der Waals surface area contributed by atoms with Gasteiger partial charge in [0.15, 0.2) is 5.96 Å². The van der Waals surface area contributed by atoms with Gasteiger partial charge in [-0.05, 0) is 25.3 Å². The minimum absolute atomic E-state index is 0. The first-order chi connectivity index (χ1) is 9.66. The Morgan fingerprint density at radius 2 is 2.05 bits per heavy atom. The Bertz CT molecular complexity index is 478. The number of anilines is 1. The van der Waals surface area contributed by atoms with Crippen LogP contribution in [0.25, 0.3) is 0 Å². The molecule has 1 aromatic heterocycles. The zero-order chi connectivity index (χ0) is 14.4. The average molecular weight is 444 g/mol. The van der Waals surface area contributed by atoms with Crippen molar-refractivity contribution in [1.82, 2.24) is 9.88 Å². The normalized spacial score (nSPS) is 15.5. The van der Waals surface area contributed by atoms with Crippen molar-refractivity contribution in [2.45, 2.75) is 19.3 Å². The molecule has 1 aromatic rings. The van der Waals surface area contributed by atoms with Gasteiger partial charge in [-0.2, -0.15) is 0 Å². The third-order valence-electron chi connectivity index (χ3n) is 3.17. The predicted molar refractivity (Wildman–Crippen MR) is 100 cm³/mol. The third kappa shape index (κ3) is 6.04. The number of nitrogens with one attached hydrogen (secondary N) is 1. The maximum absolute atomic E-state index is 6.01. The van der Waals surface area contributed by atoms with E-state index in [1.165, 1.54) is 19.3 Å². The Balaban J connectivity index is 0.00000220. The van der Waals surface area contributed by atoms with Crippen LogP contribution in [0.5, 0.6) is 0 Å². The van der Waals surface area contributed by atoms with E-state index < -0.39 is 0 Å². The molecule has 0 spiro atoms. The Morgan fingerprint density at radius 1 is 1.33 bits per heavy atom. The fraction of sp³-hybridized carbons (Fsp3) is 0.538. The van der Waals surface area contributed by atoms with Gasteiger partial charge in [0.05, 0.1) is 16.6 Å². The number of guanidine groups is 1. The first-order valence-electron chi connectivity index (χ1n) is 6.76. The molecule has 0 aliphatic carbocycles. The summed E-state index contributed by atoms with van der Waals surface area (Å²) < 4.78 is 0. The van der Waals surface area contributed by atoms with Gasteiger partial charge in [0, 0.05) is 25.8 Å². The standard InChI is InChI=1S/C13H19Cl2N5.HI/c14-10-8-11(15)12(19-9-10)17-4-5-18-13(16)20-6-2-1-3-7-20;/h8-9H,1-7H2,(H2,16,18)(H,17,19);1H. The second-order valence-corrected chi connectivity index (χ2v) is 5.54. The highest BCUT2D eigenvalue weighted by Gasteiger charge is 2.11. The van der Waals surface area contributed by atoms with E-state index >= 15 is 0 Å². The molecule has 0 aromatic carbocycles. The van der Waals surface area contributed by atoms with Gasteiger partial charge in [0.25, 0.3) is 0 Å². The van der Waals surface area contributed by atoms with Crippen LogP contribution in [0.2, 0.25) is 10.0 Å². The molecule has 0 radical (unpaired) electrons. The summed E-state index contributed by atoms with van der Waals surface area (Å²) in [5, 5.41) is 4.14. The van der Waals surface area contributed by atoms with Crippen LogP contribution in [0.4, 0.5) is 5.82 Å². The maximum atomic E-state index is 6.01. The van der Waals surface area contributed by atoms with E-state index in [0.717, 1.165) is 13.1 Å². The van der Waals surface area contributed by atoms with Crippen LogP contribution in [-0.4, -0.2) is 42.0 Å². The van der Waals surface area contributed by atoms with Crippen LogP contribution in [0.3, 0.4) is 0 Å². The summed E-state index contributed by atoms with van der Waals surface area (Å²) in [6, 6.07) is 1.66. The molecule has 0 bridgehead atoms. The highest BCUT2D eigenvalue weighted by atomic mass is 127. The van der Waals surface area contributed by atoms with Gasteiger partial charge in [-0.15, -0.1) is 24.0 Å². The van der Waals surface area contributed by atoms with E-state index in [1.54, 1.807) is 12.3 Å². The Kier molecular flexibility index (Phi) is 8.43. The van der Waals surface area contributed by atoms with Crippen molar-refractivity contribution in [1.29, 1.82) is 0 Å². The quantitative estimate of drug-likeness (QED) is 0.324. The van der Waals surface area contributed by atoms with E-state index in [0.29, 0.717) is 34.9 Å². The van der Waals surface area contributed by atoms with Crippen molar-refractivity contribution >= 4 is 59.0 Å². The van der Waals surface area contributed by atoms with Gasteiger partial charge in [0.1, 0.15) is 5.82 Å². The van der Waals surface area contributed by atoms with Gasteiger partial charge in [-0.3, -0.25) is 4.99 Å². The molecule has 1 aliphatic rings. The van der Waals surface area contributed by atoms with Gasteiger partial charge in [-0.1, -0.05) is 23.2 Å². The Labute approximate surface area is 152 Å². The summed E-state index contributed by atoms with van der Waals surface area (Å²) in [7, 11) is 0. The van der Waals surface area contributed by atoms with Crippen molar-refractivity contribution in [3.8, 4) is 0 Å². The molecule has 21 heavy (non-hydrogen) atoms. The lowest BCUT2D eigenvalue weighted by molar-refractivity contribution is 0.338. The van der Waals surface area contributed by atoms with Crippen LogP contribution in [0, 0.1) is 0 Å². The fourth-order valence-electron chi connectivity index (χ4n) is 2.11. The molecule has 1 aliphatic heterocycles. The van der Waals surface area contributed by atoms with E-state index in [2.05, 4.69) is 20.2 Å². The van der Waals surface area contributed by atoms with Crippen LogP contribution in [-0.2, 0) is 0 Å². The highest BCUT2D eigenvalue weighted by molar-refractivity contribution is 14.0. The largest absolute Gasteiger partial charge is 0.370 e. The van der Waals surface area contributed by atoms with Gasteiger partial charge in [0.2, 0.25) is 0 Å². The minimum atomic E-state index is 0. The van der Waals surface area contributed by atoms with Gasteiger partial charge < -0.3 is 16.0 Å². The van der Waals surface area contributed by atoms with Gasteiger partial charge >= 0.3 is 0 Å².